The summed E-state index contributed by atoms with van der Waals surface area (Å²) >= 11 is 0. The van der Waals surface area contributed by atoms with Crippen LogP contribution in [0.4, 0.5) is 0 Å². The van der Waals surface area contributed by atoms with Gasteiger partial charge in [-0.1, -0.05) is 221 Å². The van der Waals surface area contributed by atoms with E-state index in [0.29, 0.717) is 19.3 Å². The molecular weight excluding hydrogens is 781 g/mol. The largest absolute Gasteiger partial charge is 0.462 e. The number of hydrogen-bond donors (Lipinski definition) is 0. The van der Waals surface area contributed by atoms with Gasteiger partial charge in [0.2, 0.25) is 0 Å². The van der Waals surface area contributed by atoms with Gasteiger partial charge in [-0.3, -0.25) is 14.4 Å². The third-order valence-electron chi connectivity index (χ3n) is 10.9. The average molecular weight is 877 g/mol. The van der Waals surface area contributed by atoms with Gasteiger partial charge in [-0.15, -0.1) is 0 Å². The van der Waals surface area contributed by atoms with Gasteiger partial charge in [-0.25, -0.2) is 0 Å². The minimum atomic E-state index is -0.806. The van der Waals surface area contributed by atoms with Gasteiger partial charge in [0.1, 0.15) is 13.2 Å². The Bertz CT molecular complexity index is 1240. The molecular formula is C57H96O6. The van der Waals surface area contributed by atoms with Gasteiger partial charge in [0.15, 0.2) is 6.10 Å². The first-order valence-electron chi connectivity index (χ1n) is 26.1. The Balaban J connectivity index is 4.48. The van der Waals surface area contributed by atoms with E-state index in [1.54, 1.807) is 0 Å². The molecule has 360 valence electrons. The van der Waals surface area contributed by atoms with Crippen LogP contribution in [0, 0.1) is 0 Å². The molecule has 0 aliphatic heterocycles. The summed E-state index contributed by atoms with van der Waals surface area (Å²) in [4.78, 5) is 37.9. The van der Waals surface area contributed by atoms with E-state index in [1.165, 1.54) is 116 Å². The van der Waals surface area contributed by atoms with Crippen molar-refractivity contribution in [2.75, 3.05) is 13.2 Å². The Kier molecular flexibility index (Phi) is 48.5. The van der Waals surface area contributed by atoms with Crippen molar-refractivity contribution in [1.29, 1.82) is 0 Å². The molecule has 0 N–H and O–H groups in total. The molecule has 0 amide bonds. The Hall–Kier alpha value is -3.41. The van der Waals surface area contributed by atoms with Crippen LogP contribution >= 0.6 is 0 Å². The zero-order valence-electron chi connectivity index (χ0n) is 41.1. The lowest BCUT2D eigenvalue weighted by atomic mass is 10.1. The highest BCUT2D eigenvalue weighted by Gasteiger charge is 2.19. The first-order valence-corrected chi connectivity index (χ1v) is 26.1. The van der Waals surface area contributed by atoms with E-state index in [1.807, 2.05) is 6.08 Å². The van der Waals surface area contributed by atoms with Crippen molar-refractivity contribution in [3.05, 3.63) is 85.1 Å². The van der Waals surface area contributed by atoms with E-state index in [0.717, 1.165) is 77.0 Å². The maximum atomic E-state index is 12.8. The molecule has 0 saturated carbocycles. The van der Waals surface area contributed by atoms with Crippen molar-refractivity contribution in [2.45, 2.75) is 245 Å². The Morgan fingerprint density at radius 3 is 1.08 bits per heavy atom. The van der Waals surface area contributed by atoms with Crippen LogP contribution in [0.1, 0.15) is 239 Å². The smallest absolute Gasteiger partial charge is 0.306 e. The summed E-state index contributed by atoms with van der Waals surface area (Å²) in [6.45, 7) is 6.43. The monoisotopic (exact) mass is 877 g/mol. The van der Waals surface area contributed by atoms with Gasteiger partial charge in [-0.2, -0.15) is 0 Å². The number of allylic oxidation sites excluding steroid dienone is 14. The molecule has 0 heterocycles. The van der Waals surface area contributed by atoms with Crippen LogP contribution < -0.4 is 0 Å². The highest BCUT2D eigenvalue weighted by atomic mass is 16.6. The van der Waals surface area contributed by atoms with Crippen LogP contribution in [0.25, 0.3) is 0 Å². The predicted octanol–water partition coefficient (Wildman–Crippen LogP) is 17.2. The van der Waals surface area contributed by atoms with Crippen molar-refractivity contribution in [3.8, 4) is 0 Å². The van der Waals surface area contributed by atoms with Crippen LogP contribution in [0.15, 0.2) is 85.1 Å². The van der Waals surface area contributed by atoms with Gasteiger partial charge in [-0.05, 0) is 83.5 Å². The number of carbonyl (C=O) groups is 3. The van der Waals surface area contributed by atoms with E-state index in [2.05, 4.69) is 99.8 Å². The maximum absolute atomic E-state index is 12.8. The van der Waals surface area contributed by atoms with Crippen molar-refractivity contribution < 1.29 is 28.6 Å². The normalized spacial score (nSPS) is 12.7. The molecule has 0 aromatic rings. The van der Waals surface area contributed by atoms with Crippen LogP contribution in [0.2, 0.25) is 0 Å². The van der Waals surface area contributed by atoms with Crippen molar-refractivity contribution in [3.63, 3.8) is 0 Å². The minimum absolute atomic E-state index is 0.100. The van der Waals surface area contributed by atoms with Crippen molar-refractivity contribution >= 4 is 17.9 Å². The Morgan fingerprint density at radius 2 is 0.651 bits per heavy atom. The second-order valence-electron chi connectivity index (χ2n) is 17.1. The molecule has 0 unspecified atom stereocenters. The second-order valence-corrected chi connectivity index (χ2v) is 17.1. The molecule has 0 radical (unpaired) electrons. The number of hydrogen-bond acceptors (Lipinski definition) is 6. The summed E-state index contributed by atoms with van der Waals surface area (Å²) < 4.78 is 16.7. The van der Waals surface area contributed by atoms with Gasteiger partial charge >= 0.3 is 17.9 Å². The topological polar surface area (TPSA) is 78.9 Å². The third kappa shape index (κ3) is 49.5. The summed E-state index contributed by atoms with van der Waals surface area (Å²) in [6.07, 6.45) is 65.8. The molecule has 0 rings (SSSR count). The summed E-state index contributed by atoms with van der Waals surface area (Å²) in [6, 6.07) is 0. The standard InChI is InChI=1S/C57H96O6/c1-4-7-10-13-16-19-22-24-26-27-28-29-31-32-35-38-41-44-47-50-56(59)62-53-54(52-61-55(58)49-46-43-40-37-34-21-18-15-12-9-6-3)63-57(60)51-48-45-42-39-36-33-30-25-23-20-17-14-11-8-5-2/h7,10,16,19-20,23-24,26,28-29,32,35,41,44,54H,4-6,8-9,11-15,17-18,21-22,25,27,30-31,33-34,36-40,42-43,45-53H2,1-3H3/b10-7-,19-16-,23-20-,26-24-,29-28-,35-32-,44-41-/t54-/m0/s1. The van der Waals surface area contributed by atoms with Gasteiger partial charge in [0, 0.05) is 19.3 Å². The fraction of sp³-hybridized carbons (Fsp3) is 0.702. The predicted molar refractivity (Wildman–Crippen MR) is 270 cm³/mol. The quantitative estimate of drug-likeness (QED) is 0.0262. The van der Waals surface area contributed by atoms with E-state index in [9.17, 15) is 14.4 Å². The third-order valence-corrected chi connectivity index (χ3v) is 10.9. The van der Waals surface area contributed by atoms with Gasteiger partial charge in [0.25, 0.3) is 0 Å². The summed E-state index contributed by atoms with van der Waals surface area (Å²) in [7, 11) is 0. The summed E-state index contributed by atoms with van der Waals surface area (Å²) in [5.74, 6) is -0.993. The number of carbonyl (C=O) groups excluding carboxylic acids is 3. The van der Waals surface area contributed by atoms with Gasteiger partial charge < -0.3 is 14.2 Å². The molecule has 0 aliphatic carbocycles. The Labute approximate surface area is 388 Å². The molecule has 0 bridgehead atoms. The van der Waals surface area contributed by atoms with Crippen LogP contribution in [-0.4, -0.2) is 37.2 Å². The first kappa shape index (κ1) is 59.6. The molecule has 0 saturated heterocycles. The zero-order chi connectivity index (χ0) is 45.8. The number of unbranched alkanes of at least 4 members (excludes halogenated alkanes) is 21. The lowest BCUT2D eigenvalue weighted by molar-refractivity contribution is -0.166. The molecule has 0 aliphatic rings. The molecule has 63 heavy (non-hydrogen) atoms. The van der Waals surface area contributed by atoms with Crippen LogP contribution in [-0.2, 0) is 28.6 Å². The second kappa shape index (κ2) is 51.2. The summed E-state index contributed by atoms with van der Waals surface area (Å²) in [5, 5.41) is 0. The van der Waals surface area contributed by atoms with E-state index in [-0.39, 0.29) is 37.5 Å². The SMILES string of the molecule is CC/C=C\C/C=C\C/C=C\C/C=C\C/C=C\C/C=C\CCC(=O)OC[C@H](COC(=O)CCCCCCCCCCCCC)OC(=O)CCCCCCCCC/C=C\CCCCCC. The van der Waals surface area contributed by atoms with E-state index in [4.69, 9.17) is 14.2 Å². The van der Waals surface area contributed by atoms with E-state index >= 15 is 0 Å². The number of ether oxygens (including phenoxy) is 3. The highest BCUT2D eigenvalue weighted by Crippen LogP contribution is 2.14. The Morgan fingerprint density at radius 1 is 0.333 bits per heavy atom. The molecule has 0 spiro atoms. The summed E-state index contributed by atoms with van der Waals surface area (Å²) in [5.41, 5.74) is 0. The molecule has 0 aromatic heterocycles. The molecule has 0 aromatic carbocycles. The van der Waals surface area contributed by atoms with Crippen LogP contribution in [0.5, 0.6) is 0 Å². The van der Waals surface area contributed by atoms with Crippen LogP contribution in [0.3, 0.4) is 0 Å². The zero-order valence-corrected chi connectivity index (χ0v) is 41.1. The van der Waals surface area contributed by atoms with Crippen molar-refractivity contribution in [1.82, 2.24) is 0 Å². The lowest BCUT2D eigenvalue weighted by Gasteiger charge is -2.18. The minimum Gasteiger partial charge on any atom is -0.462 e. The average Bonchev–Trinajstić information content (AvgIpc) is 3.28. The molecule has 1 atom stereocenters. The van der Waals surface area contributed by atoms with Gasteiger partial charge in [0.05, 0.1) is 0 Å². The molecule has 6 heteroatoms. The first-order chi connectivity index (χ1) is 31.0. The number of esters is 3. The fourth-order valence-corrected chi connectivity index (χ4v) is 6.99. The highest BCUT2D eigenvalue weighted by molar-refractivity contribution is 5.71. The molecule has 0 fully saturated rings. The lowest BCUT2D eigenvalue weighted by Crippen LogP contribution is -2.30. The maximum Gasteiger partial charge on any atom is 0.306 e. The van der Waals surface area contributed by atoms with Crippen molar-refractivity contribution in [2.24, 2.45) is 0 Å². The van der Waals surface area contributed by atoms with E-state index < -0.39 is 6.10 Å². The molecule has 6 nitrogen and oxygen atoms in total. The fourth-order valence-electron chi connectivity index (χ4n) is 6.99. The number of rotatable bonds is 46.